The van der Waals surface area contributed by atoms with Crippen molar-refractivity contribution in [2.24, 2.45) is 5.92 Å². The number of hydrogen-bond donors (Lipinski definition) is 1. The van der Waals surface area contributed by atoms with Crippen LogP contribution in [0.25, 0.3) is 0 Å². The van der Waals surface area contributed by atoms with Gasteiger partial charge in [-0.1, -0.05) is 0 Å². The van der Waals surface area contributed by atoms with Gasteiger partial charge in [-0.2, -0.15) is 30.7 Å². The lowest BCUT2D eigenvalue weighted by Crippen LogP contribution is -2.56. The third kappa shape index (κ3) is 1.91. The zero-order valence-electron chi connectivity index (χ0n) is 7.34. The van der Waals surface area contributed by atoms with Gasteiger partial charge in [-0.3, -0.25) is 0 Å². The summed E-state index contributed by atoms with van der Waals surface area (Å²) in [5.74, 6) is -13.0. The van der Waals surface area contributed by atoms with Crippen molar-refractivity contribution < 1.29 is 30.7 Å². The van der Waals surface area contributed by atoms with Crippen LogP contribution in [-0.4, -0.2) is 31.1 Å². The van der Waals surface area contributed by atoms with Crippen LogP contribution in [0.1, 0.15) is 6.42 Å². The third-order valence-corrected chi connectivity index (χ3v) is 2.35. The summed E-state index contributed by atoms with van der Waals surface area (Å²) in [6.45, 7) is -0.507. The maximum atomic E-state index is 12.9. The Balaban J connectivity index is 2.92. The largest absolute Gasteiger partial charge is 0.459 e. The second-order valence-corrected chi connectivity index (χ2v) is 3.38. The summed E-state index contributed by atoms with van der Waals surface area (Å²) in [5.41, 5.74) is 0. The molecule has 0 spiro atoms. The third-order valence-electron chi connectivity index (χ3n) is 2.35. The number of hydrogen-bond acceptors (Lipinski definition) is 1. The molecule has 1 heterocycles. The first kappa shape index (κ1) is 12.5. The van der Waals surface area contributed by atoms with Gasteiger partial charge in [0.1, 0.15) is 0 Å². The monoisotopic (exact) mass is 239 g/mol. The van der Waals surface area contributed by atoms with Gasteiger partial charge in [0, 0.05) is 12.5 Å². The fraction of sp³-hybridized carbons (Fsp3) is 1.00. The molecule has 90 valence electrons. The van der Waals surface area contributed by atoms with Crippen LogP contribution in [0.4, 0.5) is 30.7 Å². The van der Waals surface area contributed by atoms with Gasteiger partial charge in [0.15, 0.2) is 0 Å². The van der Waals surface area contributed by atoms with E-state index in [1.165, 1.54) is 0 Å². The van der Waals surface area contributed by atoms with E-state index in [1.807, 2.05) is 0 Å². The first-order valence-electron chi connectivity index (χ1n) is 4.14. The highest BCUT2D eigenvalue weighted by atomic mass is 19.4. The van der Waals surface area contributed by atoms with E-state index in [2.05, 4.69) is 5.32 Å². The van der Waals surface area contributed by atoms with Crippen LogP contribution in [0, 0.1) is 5.92 Å². The Morgan fingerprint density at radius 3 is 1.80 bits per heavy atom. The molecular weight excluding hydrogens is 231 g/mol. The summed E-state index contributed by atoms with van der Waals surface area (Å²) in [4.78, 5) is 0. The summed E-state index contributed by atoms with van der Waals surface area (Å²) in [6, 6.07) is 0. The smallest absolute Gasteiger partial charge is 0.316 e. The molecule has 1 rings (SSSR count). The van der Waals surface area contributed by atoms with Crippen molar-refractivity contribution in [1.82, 2.24) is 5.32 Å². The average molecular weight is 239 g/mol. The second-order valence-electron chi connectivity index (χ2n) is 3.38. The molecule has 8 heteroatoms. The number of nitrogens with one attached hydrogen (secondary N) is 1. The molecule has 0 aromatic carbocycles. The van der Waals surface area contributed by atoms with Gasteiger partial charge in [-0.15, -0.1) is 0 Å². The Bertz CT molecular complexity index is 228. The van der Waals surface area contributed by atoms with E-state index in [0.29, 0.717) is 0 Å². The molecule has 1 aliphatic heterocycles. The topological polar surface area (TPSA) is 12.0 Å². The molecule has 0 aromatic heterocycles. The van der Waals surface area contributed by atoms with Crippen molar-refractivity contribution >= 4 is 0 Å². The quantitative estimate of drug-likeness (QED) is 0.730. The lowest BCUT2D eigenvalue weighted by molar-refractivity contribution is -0.364. The van der Waals surface area contributed by atoms with E-state index in [9.17, 15) is 30.7 Å². The average Bonchev–Trinajstić information content (AvgIpc) is 2.53. The van der Waals surface area contributed by atoms with E-state index in [4.69, 9.17) is 0 Å². The lowest BCUT2D eigenvalue weighted by atomic mass is 9.94. The van der Waals surface area contributed by atoms with E-state index < -0.39 is 36.9 Å². The molecule has 0 amide bonds. The van der Waals surface area contributed by atoms with Crippen molar-refractivity contribution in [2.75, 3.05) is 13.1 Å². The van der Waals surface area contributed by atoms with Crippen LogP contribution in [0.3, 0.4) is 0 Å². The van der Waals surface area contributed by atoms with Crippen molar-refractivity contribution in [1.29, 1.82) is 0 Å². The minimum atomic E-state index is -6.22. The fourth-order valence-electron chi connectivity index (χ4n) is 1.41. The van der Waals surface area contributed by atoms with Gasteiger partial charge in [0.25, 0.3) is 0 Å². The Labute approximate surface area is 80.6 Å². The maximum absolute atomic E-state index is 12.9. The number of alkyl halides is 7. The maximum Gasteiger partial charge on any atom is 0.459 e. The zero-order chi connectivity index (χ0) is 11.9. The van der Waals surface area contributed by atoms with Gasteiger partial charge in [-0.25, -0.2) is 0 Å². The molecule has 1 fully saturated rings. The Morgan fingerprint density at radius 2 is 1.47 bits per heavy atom. The van der Waals surface area contributed by atoms with Crippen molar-refractivity contribution in [2.45, 2.75) is 24.4 Å². The minimum absolute atomic E-state index is 0.0220. The summed E-state index contributed by atoms with van der Waals surface area (Å²) >= 11 is 0. The van der Waals surface area contributed by atoms with Crippen LogP contribution in [0.5, 0.6) is 0 Å². The standard InChI is InChI=1S/C7H8F7N/c8-5(9,4-1-2-15-3-4)6(10,11)7(12,13)14/h4,15H,1-3H2. The van der Waals surface area contributed by atoms with Crippen molar-refractivity contribution in [3.63, 3.8) is 0 Å². The molecule has 15 heavy (non-hydrogen) atoms. The highest BCUT2D eigenvalue weighted by Crippen LogP contribution is 2.50. The van der Waals surface area contributed by atoms with Crippen molar-refractivity contribution in [3.05, 3.63) is 0 Å². The Hall–Kier alpha value is -0.530. The van der Waals surface area contributed by atoms with Crippen LogP contribution in [-0.2, 0) is 0 Å². The van der Waals surface area contributed by atoms with E-state index in [0.717, 1.165) is 0 Å². The van der Waals surface area contributed by atoms with Gasteiger partial charge >= 0.3 is 18.0 Å². The Morgan fingerprint density at radius 1 is 0.933 bits per heavy atom. The molecule has 0 bridgehead atoms. The predicted molar refractivity (Wildman–Crippen MR) is 36.9 cm³/mol. The van der Waals surface area contributed by atoms with Crippen LogP contribution >= 0.6 is 0 Å². The number of halogens is 7. The van der Waals surface area contributed by atoms with Crippen LogP contribution in [0.2, 0.25) is 0 Å². The van der Waals surface area contributed by atoms with Crippen LogP contribution in [0.15, 0.2) is 0 Å². The molecule has 1 unspecified atom stereocenters. The SMILES string of the molecule is FC(F)(F)C(F)(F)C(F)(F)C1CCNC1. The molecule has 0 radical (unpaired) electrons. The van der Waals surface area contributed by atoms with Gasteiger partial charge in [0.05, 0.1) is 0 Å². The normalized spacial score (nSPS) is 24.6. The highest BCUT2D eigenvalue weighted by molar-refractivity contribution is 4.98. The minimum Gasteiger partial charge on any atom is -0.316 e. The van der Waals surface area contributed by atoms with Gasteiger partial charge < -0.3 is 5.32 Å². The van der Waals surface area contributed by atoms with E-state index in [-0.39, 0.29) is 6.54 Å². The van der Waals surface area contributed by atoms with E-state index >= 15 is 0 Å². The van der Waals surface area contributed by atoms with Gasteiger partial charge in [0.2, 0.25) is 0 Å². The first-order valence-corrected chi connectivity index (χ1v) is 4.14. The fourth-order valence-corrected chi connectivity index (χ4v) is 1.41. The van der Waals surface area contributed by atoms with Gasteiger partial charge in [-0.05, 0) is 13.0 Å². The molecule has 0 saturated carbocycles. The van der Waals surface area contributed by atoms with Crippen LogP contribution < -0.4 is 5.32 Å². The predicted octanol–water partition coefficient (Wildman–Crippen LogP) is 2.43. The lowest BCUT2D eigenvalue weighted by Gasteiger charge is -2.31. The number of rotatable bonds is 2. The molecule has 1 nitrogen and oxygen atoms in total. The molecule has 1 aliphatic rings. The molecular formula is C7H8F7N. The molecule has 1 atom stereocenters. The summed E-state index contributed by atoms with van der Waals surface area (Å²) in [6.07, 6.45) is -6.61. The highest BCUT2D eigenvalue weighted by Gasteiger charge is 2.75. The molecule has 1 N–H and O–H groups in total. The molecule has 1 saturated heterocycles. The zero-order valence-corrected chi connectivity index (χ0v) is 7.34. The van der Waals surface area contributed by atoms with Crippen molar-refractivity contribution in [3.8, 4) is 0 Å². The summed E-state index contributed by atoms with van der Waals surface area (Å²) < 4.78 is 85.9. The molecule has 0 aromatic rings. The summed E-state index contributed by atoms with van der Waals surface area (Å²) in [5, 5.41) is 2.32. The first-order chi connectivity index (χ1) is 6.61. The Kier molecular flexibility index (Phi) is 2.92. The summed E-state index contributed by atoms with van der Waals surface area (Å²) in [7, 11) is 0. The second kappa shape index (κ2) is 3.50. The molecule has 0 aliphatic carbocycles. The van der Waals surface area contributed by atoms with E-state index in [1.54, 1.807) is 0 Å².